The van der Waals surface area contributed by atoms with E-state index in [-0.39, 0.29) is 12.5 Å². The van der Waals surface area contributed by atoms with Crippen LogP contribution in [0.4, 0.5) is 5.69 Å². The Bertz CT molecular complexity index is 797. The first-order valence-corrected chi connectivity index (χ1v) is 9.17. The predicted octanol–water partition coefficient (Wildman–Crippen LogP) is 3.74. The second kappa shape index (κ2) is 7.70. The average molecular weight is 359 g/mol. The van der Waals surface area contributed by atoms with Crippen LogP contribution in [0, 0.1) is 6.92 Å². The molecule has 0 spiro atoms. The van der Waals surface area contributed by atoms with E-state index >= 15 is 0 Å². The Kier molecular flexibility index (Phi) is 5.38. The molecule has 0 saturated heterocycles. The standard InChI is InChI=1S/C19H21NO4S/c1-12-9-13(24-10-18(21)23-2)7-8-16(12)20-19(22)15-11-25-17-6-4-3-5-14(15)17/h7-9,11H,3-6,10H2,1-2H3,(H,20,22). The van der Waals surface area contributed by atoms with Crippen molar-refractivity contribution in [1.29, 1.82) is 0 Å². The smallest absolute Gasteiger partial charge is 0.343 e. The van der Waals surface area contributed by atoms with Crippen molar-refractivity contribution in [2.45, 2.75) is 32.6 Å². The minimum atomic E-state index is -0.433. The summed E-state index contributed by atoms with van der Waals surface area (Å²) in [6.07, 6.45) is 4.43. The van der Waals surface area contributed by atoms with Crippen LogP contribution >= 0.6 is 11.3 Å². The molecule has 25 heavy (non-hydrogen) atoms. The molecule has 1 heterocycles. The van der Waals surface area contributed by atoms with Crippen molar-refractivity contribution >= 4 is 28.9 Å². The van der Waals surface area contributed by atoms with Crippen molar-refractivity contribution in [3.8, 4) is 5.75 Å². The van der Waals surface area contributed by atoms with E-state index in [9.17, 15) is 9.59 Å². The molecule has 1 aliphatic carbocycles. The van der Waals surface area contributed by atoms with Crippen LogP contribution in [0.15, 0.2) is 23.6 Å². The molecule has 0 radical (unpaired) electrons. The fourth-order valence-corrected chi connectivity index (χ4v) is 4.07. The summed E-state index contributed by atoms with van der Waals surface area (Å²) in [4.78, 5) is 25.1. The van der Waals surface area contributed by atoms with Crippen molar-refractivity contribution in [2.24, 2.45) is 0 Å². The molecule has 132 valence electrons. The number of carbonyl (C=O) groups excluding carboxylic acids is 2. The van der Waals surface area contributed by atoms with Crippen LogP contribution in [0.3, 0.4) is 0 Å². The molecular weight excluding hydrogens is 338 g/mol. The van der Waals surface area contributed by atoms with Crippen molar-refractivity contribution in [1.82, 2.24) is 0 Å². The van der Waals surface area contributed by atoms with Crippen LogP contribution in [-0.4, -0.2) is 25.6 Å². The van der Waals surface area contributed by atoms with Gasteiger partial charge in [-0.05, 0) is 61.9 Å². The summed E-state index contributed by atoms with van der Waals surface area (Å²) in [5.74, 6) is 0.0665. The molecule has 6 heteroatoms. The molecule has 3 rings (SSSR count). The highest BCUT2D eigenvalue weighted by molar-refractivity contribution is 7.10. The monoisotopic (exact) mass is 359 g/mol. The lowest BCUT2D eigenvalue weighted by Crippen LogP contribution is -2.15. The van der Waals surface area contributed by atoms with Crippen LogP contribution in [0.1, 0.15) is 39.2 Å². The molecule has 0 aliphatic heterocycles. The maximum Gasteiger partial charge on any atom is 0.343 e. The Morgan fingerprint density at radius 2 is 2.04 bits per heavy atom. The number of benzene rings is 1. The third-order valence-electron chi connectivity index (χ3n) is 4.34. The summed E-state index contributed by atoms with van der Waals surface area (Å²) in [6, 6.07) is 5.31. The highest BCUT2D eigenvalue weighted by Crippen LogP contribution is 2.31. The van der Waals surface area contributed by atoms with Gasteiger partial charge in [0, 0.05) is 15.9 Å². The molecule has 1 aliphatic rings. The normalized spacial score (nSPS) is 13.0. The summed E-state index contributed by atoms with van der Waals surface area (Å²) >= 11 is 1.68. The number of nitrogens with one attached hydrogen (secondary N) is 1. The fraction of sp³-hybridized carbons (Fsp3) is 0.368. The summed E-state index contributed by atoms with van der Waals surface area (Å²) in [5, 5.41) is 4.95. The van der Waals surface area contributed by atoms with E-state index in [0.29, 0.717) is 5.75 Å². The predicted molar refractivity (Wildman–Crippen MR) is 97.6 cm³/mol. The Labute approximate surface area is 151 Å². The zero-order valence-electron chi connectivity index (χ0n) is 14.4. The Hall–Kier alpha value is -2.34. The highest BCUT2D eigenvalue weighted by Gasteiger charge is 2.20. The summed E-state index contributed by atoms with van der Waals surface area (Å²) in [6.45, 7) is 1.76. The molecule has 0 saturated carbocycles. The number of thiophene rings is 1. The molecule has 1 aromatic heterocycles. The molecule has 0 atom stereocenters. The lowest BCUT2D eigenvalue weighted by atomic mass is 9.95. The fourth-order valence-electron chi connectivity index (χ4n) is 2.94. The third-order valence-corrected chi connectivity index (χ3v) is 5.43. The lowest BCUT2D eigenvalue weighted by Gasteiger charge is -2.14. The average Bonchev–Trinajstić information content (AvgIpc) is 3.06. The van der Waals surface area contributed by atoms with Gasteiger partial charge in [-0.15, -0.1) is 11.3 Å². The van der Waals surface area contributed by atoms with Gasteiger partial charge in [0.1, 0.15) is 5.75 Å². The number of hydrogen-bond donors (Lipinski definition) is 1. The molecule has 1 amide bonds. The summed E-state index contributed by atoms with van der Waals surface area (Å²) in [5.41, 5.74) is 3.63. The number of fused-ring (bicyclic) bond motifs is 1. The number of methoxy groups -OCH3 is 1. The molecule has 2 aromatic rings. The van der Waals surface area contributed by atoms with Gasteiger partial charge in [-0.2, -0.15) is 0 Å². The first-order chi connectivity index (χ1) is 12.1. The van der Waals surface area contributed by atoms with Crippen LogP contribution in [0.5, 0.6) is 5.75 Å². The van der Waals surface area contributed by atoms with Gasteiger partial charge in [0.05, 0.1) is 12.7 Å². The number of ether oxygens (including phenoxy) is 2. The van der Waals surface area contributed by atoms with Gasteiger partial charge in [0.2, 0.25) is 0 Å². The minimum absolute atomic E-state index is 0.0641. The van der Waals surface area contributed by atoms with E-state index < -0.39 is 5.97 Å². The van der Waals surface area contributed by atoms with Crippen molar-refractivity contribution in [3.05, 3.63) is 45.1 Å². The second-order valence-electron chi connectivity index (χ2n) is 6.05. The Morgan fingerprint density at radius 1 is 1.24 bits per heavy atom. The zero-order valence-corrected chi connectivity index (χ0v) is 15.2. The van der Waals surface area contributed by atoms with E-state index in [2.05, 4.69) is 10.1 Å². The van der Waals surface area contributed by atoms with E-state index in [1.807, 2.05) is 12.3 Å². The van der Waals surface area contributed by atoms with Crippen LogP contribution < -0.4 is 10.1 Å². The number of rotatable bonds is 5. The highest BCUT2D eigenvalue weighted by atomic mass is 32.1. The molecular formula is C19H21NO4S. The van der Waals surface area contributed by atoms with Crippen molar-refractivity contribution < 1.29 is 19.1 Å². The van der Waals surface area contributed by atoms with E-state index in [1.165, 1.54) is 24.0 Å². The van der Waals surface area contributed by atoms with Gasteiger partial charge in [-0.1, -0.05) is 0 Å². The van der Waals surface area contributed by atoms with E-state index in [0.717, 1.165) is 36.1 Å². The van der Waals surface area contributed by atoms with Crippen LogP contribution in [0.25, 0.3) is 0 Å². The topological polar surface area (TPSA) is 64.6 Å². The second-order valence-corrected chi connectivity index (χ2v) is 7.02. The first kappa shape index (κ1) is 17.5. The number of anilines is 1. The van der Waals surface area contributed by atoms with Gasteiger partial charge >= 0.3 is 5.97 Å². The van der Waals surface area contributed by atoms with Gasteiger partial charge in [-0.25, -0.2) is 4.79 Å². The number of aryl methyl sites for hydroxylation is 2. The zero-order chi connectivity index (χ0) is 17.8. The van der Waals surface area contributed by atoms with Crippen molar-refractivity contribution in [2.75, 3.05) is 19.0 Å². The molecule has 0 fully saturated rings. The maximum atomic E-state index is 12.6. The summed E-state index contributed by atoms with van der Waals surface area (Å²) < 4.78 is 9.91. The lowest BCUT2D eigenvalue weighted by molar-refractivity contribution is -0.142. The minimum Gasteiger partial charge on any atom is -0.482 e. The SMILES string of the molecule is COC(=O)COc1ccc(NC(=O)c2csc3c2CCCC3)c(C)c1. The number of amides is 1. The molecule has 0 unspecified atom stereocenters. The van der Waals surface area contributed by atoms with Gasteiger partial charge in [0.15, 0.2) is 6.61 Å². The molecule has 1 aromatic carbocycles. The maximum absolute atomic E-state index is 12.6. The summed E-state index contributed by atoms with van der Waals surface area (Å²) in [7, 11) is 1.32. The number of hydrogen-bond acceptors (Lipinski definition) is 5. The van der Waals surface area contributed by atoms with Gasteiger partial charge in [0.25, 0.3) is 5.91 Å². The van der Waals surface area contributed by atoms with Crippen LogP contribution in [-0.2, 0) is 22.4 Å². The molecule has 1 N–H and O–H groups in total. The molecule has 0 bridgehead atoms. The van der Waals surface area contributed by atoms with Crippen molar-refractivity contribution in [3.63, 3.8) is 0 Å². The number of esters is 1. The Morgan fingerprint density at radius 3 is 2.80 bits per heavy atom. The quantitative estimate of drug-likeness (QED) is 0.826. The third kappa shape index (κ3) is 4.02. The largest absolute Gasteiger partial charge is 0.482 e. The Balaban J connectivity index is 1.69. The first-order valence-electron chi connectivity index (χ1n) is 8.29. The molecule has 5 nitrogen and oxygen atoms in total. The number of carbonyl (C=O) groups is 2. The van der Waals surface area contributed by atoms with Gasteiger partial charge < -0.3 is 14.8 Å². The van der Waals surface area contributed by atoms with E-state index in [4.69, 9.17) is 4.74 Å². The van der Waals surface area contributed by atoms with Gasteiger partial charge in [-0.3, -0.25) is 4.79 Å². The van der Waals surface area contributed by atoms with E-state index in [1.54, 1.807) is 29.5 Å². The van der Waals surface area contributed by atoms with Crippen LogP contribution in [0.2, 0.25) is 0 Å².